The predicted molar refractivity (Wildman–Crippen MR) is 63.8 cm³/mol. The van der Waals surface area contributed by atoms with Gasteiger partial charge in [0.15, 0.2) is 0 Å². The number of anilines is 1. The van der Waals surface area contributed by atoms with Crippen molar-refractivity contribution in [2.24, 2.45) is 0 Å². The molecule has 0 atom stereocenters. The molecule has 0 aliphatic carbocycles. The Morgan fingerprint density at radius 1 is 1.42 bits per heavy atom. The van der Waals surface area contributed by atoms with Gasteiger partial charge in [-0.15, -0.1) is 0 Å². The Labute approximate surface area is 109 Å². The first kappa shape index (κ1) is 15.7. The van der Waals surface area contributed by atoms with Crippen LogP contribution in [0.1, 0.15) is 13.3 Å². The molecule has 0 amide bonds. The second-order valence-electron chi connectivity index (χ2n) is 3.84. The number of nitrogens with two attached hydrogens (primary N) is 1. The normalized spacial score (nSPS) is 12.9. The smallest absolute Gasteiger partial charge is 0.383 e. The van der Waals surface area contributed by atoms with Crippen LogP contribution in [0.2, 0.25) is 0 Å². The third kappa shape index (κ3) is 4.06. The summed E-state index contributed by atoms with van der Waals surface area (Å²) in [6.07, 6.45) is -3.09. The highest BCUT2D eigenvalue weighted by Crippen LogP contribution is 2.24. The lowest BCUT2D eigenvalue weighted by Crippen LogP contribution is -2.39. The molecule has 0 spiro atoms. The summed E-state index contributed by atoms with van der Waals surface area (Å²) in [5, 5.41) is 0. The molecule has 108 valence electrons. The summed E-state index contributed by atoms with van der Waals surface area (Å²) in [6, 6.07) is 2.44. The molecule has 1 rings (SSSR count). The van der Waals surface area contributed by atoms with Crippen LogP contribution in [0.15, 0.2) is 23.2 Å². The largest absolute Gasteiger partial charge is 0.402 e. The van der Waals surface area contributed by atoms with E-state index in [0.717, 1.165) is 6.07 Å². The Morgan fingerprint density at radius 2 is 2.05 bits per heavy atom. The lowest BCUT2D eigenvalue weighted by atomic mass is 10.5. The van der Waals surface area contributed by atoms with Crippen molar-refractivity contribution in [1.29, 1.82) is 0 Å². The topological polar surface area (TPSA) is 76.3 Å². The zero-order valence-corrected chi connectivity index (χ0v) is 11.0. The number of nitrogen functional groups attached to an aromatic ring is 1. The van der Waals surface area contributed by atoms with Crippen LogP contribution in [0.25, 0.3) is 0 Å². The molecule has 0 aromatic carbocycles. The fourth-order valence-corrected chi connectivity index (χ4v) is 3.08. The number of rotatable bonds is 5. The Balaban J connectivity index is 3.17. The maximum Gasteiger partial charge on any atom is 0.402 e. The summed E-state index contributed by atoms with van der Waals surface area (Å²) in [5.41, 5.74) is 5.41. The highest BCUT2D eigenvalue weighted by Gasteiger charge is 2.37. The first-order valence-corrected chi connectivity index (χ1v) is 6.90. The molecule has 0 radical (unpaired) electrons. The number of aromatic nitrogens is 1. The van der Waals surface area contributed by atoms with Crippen molar-refractivity contribution < 1.29 is 21.6 Å². The van der Waals surface area contributed by atoms with Gasteiger partial charge in [0.05, 0.1) is 0 Å². The number of halogens is 3. The van der Waals surface area contributed by atoms with Crippen molar-refractivity contribution >= 4 is 15.8 Å². The molecule has 1 heterocycles. The average Bonchev–Trinajstić information content (AvgIpc) is 2.27. The van der Waals surface area contributed by atoms with Crippen LogP contribution in [-0.2, 0) is 10.0 Å². The SMILES string of the molecule is CCCN(CC(F)(F)F)S(=O)(=O)c1cccnc1N. The summed E-state index contributed by atoms with van der Waals surface area (Å²) >= 11 is 0. The maximum absolute atomic E-state index is 12.4. The van der Waals surface area contributed by atoms with Crippen LogP contribution in [-0.4, -0.2) is 37.0 Å². The molecule has 2 N–H and O–H groups in total. The lowest BCUT2D eigenvalue weighted by molar-refractivity contribution is -0.136. The lowest BCUT2D eigenvalue weighted by Gasteiger charge is -2.23. The van der Waals surface area contributed by atoms with E-state index in [1.807, 2.05) is 0 Å². The molecule has 9 heteroatoms. The minimum absolute atomic E-state index is 0.240. The number of pyridine rings is 1. The Kier molecular flexibility index (Phi) is 4.75. The Morgan fingerprint density at radius 3 is 2.53 bits per heavy atom. The van der Waals surface area contributed by atoms with Crippen molar-refractivity contribution in [1.82, 2.24) is 9.29 Å². The van der Waals surface area contributed by atoms with E-state index in [1.165, 1.54) is 12.3 Å². The molecule has 0 bridgehead atoms. The molecular formula is C10H14F3N3O2S. The molecule has 0 aliphatic heterocycles. The third-order valence-corrected chi connectivity index (χ3v) is 4.14. The number of sulfonamides is 1. The monoisotopic (exact) mass is 297 g/mol. The van der Waals surface area contributed by atoms with Crippen LogP contribution < -0.4 is 5.73 Å². The summed E-state index contributed by atoms with van der Waals surface area (Å²) in [6.45, 7) is -0.195. The highest BCUT2D eigenvalue weighted by atomic mass is 32.2. The van der Waals surface area contributed by atoms with Crippen molar-refractivity contribution in [2.45, 2.75) is 24.4 Å². The number of hydrogen-bond acceptors (Lipinski definition) is 4. The number of nitrogens with zero attached hydrogens (tertiary/aromatic N) is 2. The quantitative estimate of drug-likeness (QED) is 0.896. The van der Waals surface area contributed by atoms with Gasteiger partial charge in [0, 0.05) is 12.7 Å². The van der Waals surface area contributed by atoms with Crippen LogP contribution in [0, 0.1) is 0 Å². The van der Waals surface area contributed by atoms with Gasteiger partial charge in [-0.1, -0.05) is 6.92 Å². The second kappa shape index (κ2) is 5.74. The zero-order valence-electron chi connectivity index (χ0n) is 10.2. The molecular weight excluding hydrogens is 283 g/mol. The fraction of sp³-hybridized carbons (Fsp3) is 0.500. The van der Waals surface area contributed by atoms with Gasteiger partial charge in [0.2, 0.25) is 10.0 Å². The predicted octanol–water partition coefficient (Wildman–Crippen LogP) is 1.63. The van der Waals surface area contributed by atoms with Crippen molar-refractivity contribution in [2.75, 3.05) is 18.8 Å². The van der Waals surface area contributed by atoms with Gasteiger partial charge >= 0.3 is 6.18 Å². The standard InChI is InChI=1S/C10H14F3N3O2S/c1-2-6-16(7-10(11,12)13)19(17,18)8-4-3-5-15-9(8)14/h3-5H,2,6-7H2,1H3,(H2,14,15). The van der Waals surface area contributed by atoms with Gasteiger partial charge in [-0.25, -0.2) is 13.4 Å². The molecule has 0 saturated carbocycles. The number of alkyl halides is 3. The van der Waals surface area contributed by atoms with E-state index in [0.29, 0.717) is 4.31 Å². The summed E-state index contributed by atoms with van der Waals surface area (Å²) in [5.74, 6) is -0.314. The van der Waals surface area contributed by atoms with Crippen molar-refractivity contribution in [3.05, 3.63) is 18.3 Å². The first-order chi connectivity index (χ1) is 8.68. The fourth-order valence-electron chi connectivity index (χ4n) is 1.49. The van der Waals surface area contributed by atoms with Gasteiger partial charge < -0.3 is 5.73 Å². The van der Waals surface area contributed by atoms with E-state index in [4.69, 9.17) is 5.73 Å². The minimum atomic E-state index is -4.61. The van der Waals surface area contributed by atoms with E-state index in [2.05, 4.69) is 4.98 Å². The van der Waals surface area contributed by atoms with E-state index < -0.39 is 27.6 Å². The van der Waals surface area contributed by atoms with Gasteiger partial charge in [-0.3, -0.25) is 0 Å². The molecule has 19 heavy (non-hydrogen) atoms. The van der Waals surface area contributed by atoms with Crippen LogP contribution in [0.5, 0.6) is 0 Å². The van der Waals surface area contributed by atoms with Gasteiger partial charge in [-0.2, -0.15) is 17.5 Å². The minimum Gasteiger partial charge on any atom is -0.383 e. The van der Waals surface area contributed by atoms with E-state index in [-0.39, 0.29) is 18.8 Å². The first-order valence-electron chi connectivity index (χ1n) is 5.46. The van der Waals surface area contributed by atoms with Crippen molar-refractivity contribution in [3.63, 3.8) is 0 Å². The van der Waals surface area contributed by atoms with Crippen molar-refractivity contribution in [3.8, 4) is 0 Å². The van der Waals surface area contributed by atoms with Crippen LogP contribution in [0.3, 0.4) is 0 Å². The molecule has 5 nitrogen and oxygen atoms in total. The molecule has 0 fully saturated rings. The third-order valence-electron chi connectivity index (χ3n) is 2.25. The van der Waals surface area contributed by atoms with Crippen LogP contribution >= 0.6 is 0 Å². The molecule has 1 aromatic heterocycles. The zero-order chi connectivity index (χ0) is 14.7. The Hall–Kier alpha value is -1.35. The molecule has 0 unspecified atom stereocenters. The summed E-state index contributed by atoms with van der Waals surface area (Å²) in [7, 11) is -4.30. The average molecular weight is 297 g/mol. The molecule has 0 aliphatic rings. The van der Waals surface area contributed by atoms with E-state index >= 15 is 0 Å². The van der Waals surface area contributed by atoms with Gasteiger partial charge in [0.25, 0.3) is 0 Å². The van der Waals surface area contributed by atoms with Gasteiger partial charge in [0.1, 0.15) is 17.3 Å². The molecule has 0 saturated heterocycles. The summed E-state index contributed by atoms with van der Waals surface area (Å²) < 4.78 is 61.9. The maximum atomic E-state index is 12.4. The molecule has 1 aromatic rings. The highest BCUT2D eigenvalue weighted by molar-refractivity contribution is 7.89. The summed E-state index contributed by atoms with van der Waals surface area (Å²) in [4.78, 5) is 3.17. The van der Waals surface area contributed by atoms with E-state index in [9.17, 15) is 21.6 Å². The number of hydrogen-bond donors (Lipinski definition) is 1. The van der Waals surface area contributed by atoms with Gasteiger partial charge in [-0.05, 0) is 18.6 Å². The van der Waals surface area contributed by atoms with Crippen LogP contribution in [0.4, 0.5) is 19.0 Å². The second-order valence-corrected chi connectivity index (χ2v) is 5.75. The van der Waals surface area contributed by atoms with E-state index in [1.54, 1.807) is 6.92 Å². The Bertz CT molecular complexity index is 531.